The number of hydrogen-bond acceptors (Lipinski definition) is 0. The first-order valence-electron chi connectivity index (χ1n) is 10.3. The number of nitrogens with zero attached hydrogens (tertiary/aromatic N) is 2. The van der Waals surface area contributed by atoms with E-state index in [2.05, 4.69) is 72.0 Å². The average molecular weight is 580 g/mol. The second-order valence-corrected chi connectivity index (χ2v) is 12.0. The molecule has 36 heavy (non-hydrogen) atoms. The Morgan fingerprint density at radius 3 is 0.833 bits per heavy atom. The Hall–Kier alpha value is -2.20. The fourth-order valence-corrected chi connectivity index (χ4v) is 3.60. The molecule has 0 atom stereocenters. The van der Waals surface area contributed by atoms with E-state index in [4.69, 9.17) is 0 Å². The van der Waals surface area contributed by atoms with Crippen molar-refractivity contribution in [3.8, 4) is 0 Å². The van der Waals surface area contributed by atoms with Gasteiger partial charge in [-0.15, -0.1) is 0 Å². The molecule has 0 aliphatic heterocycles. The third kappa shape index (κ3) is 12.2. The van der Waals surface area contributed by atoms with Crippen molar-refractivity contribution < 1.29 is 59.5 Å². The number of halogens is 12. The number of aromatic nitrogens is 2. The fraction of sp³-hybridized carbons (Fsp3) is 0.300. The van der Waals surface area contributed by atoms with Gasteiger partial charge in [0.1, 0.15) is 13.1 Å². The first-order valence-corrected chi connectivity index (χ1v) is 14.4. The number of benzene rings is 2. The molecule has 0 saturated carbocycles. The van der Waals surface area contributed by atoms with Crippen LogP contribution in [0.5, 0.6) is 0 Å². The van der Waals surface area contributed by atoms with Gasteiger partial charge >= 0.3 is 66.0 Å². The van der Waals surface area contributed by atoms with Crippen molar-refractivity contribution in [3.05, 3.63) is 49.1 Å². The molecule has 2 nitrogen and oxygen atoms in total. The molecule has 2 aromatic heterocycles. The summed E-state index contributed by atoms with van der Waals surface area (Å²) >= 11 is 0. The Balaban J connectivity index is 0.000000271. The van der Waals surface area contributed by atoms with Crippen molar-refractivity contribution in [3.63, 3.8) is 0 Å². The molecule has 0 N–H and O–H groups in total. The van der Waals surface area contributed by atoms with Crippen LogP contribution in [-0.4, -0.2) is 0 Å². The van der Waals surface area contributed by atoms with Gasteiger partial charge in [0.05, 0.1) is 0 Å². The second kappa shape index (κ2) is 8.15. The molecule has 0 spiro atoms. The maximum absolute atomic E-state index is 10.7. The zero-order valence-electron chi connectivity index (χ0n) is 18.8. The summed E-state index contributed by atoms with van der Waals surface area (Å²) in [5.41, 5.74) is 0. The molecule has 16 heteroatoms. The van der Waals surface area contributed by atoms with Crippen LogP contribution in [0.25, 0.3) is 32.3 Å². The van der Waals surface area contributed by atoms with Crippen molar-refractivity contribution in [2.24, 2.45) is 0 Å². The van der Waals surface area contributed by atoms with Gasteiger partial charge in [-0.25, -0.2) is 9.13 Å². The first kappa shape index (κ1) is 30.0. The normalized spacial score (nSPS) is 16.3. The summed E-state index contributed by atoms with van der Waals surface area (Å²) in [6, 6.07) is 9.08. The van der Waals surface area contributed by atoms with E-state index >= 15 is 0 Å². The van der Waals surface area contributed by atoms with Crippen molar-refractivity contribution in [1.82, 2.24) is 0 Å². The third-order valence-electron chi connectivity index (χ3n) is 4.47. The molecule has 4 aromatic rings. The maximum atomic E-state index is 9.87. The van der Waals surface area contributed by atoms with E-state index in [-0.39, 0.29) is 0 Å². The van der Waals surface area contributed by atoms with Crippen LogP contribution >= 0.6 is 15.6 Å². The number of hydrogen-bond donors (Lipinski definition) is 0. The average Bonchev–Trinajstić information content (AvgIpc) is 2.61. The monoisotopic (exact) mass is 580 g/mol. The van der Waals surface area contributed by atoms with Gasteiger partial charge in [0.2, 0.25) is 0 Å². The van der Waals surface area contributed by atoms with Crippen LogP contribution in [0.1, 0.15) is 26.7 Å². The molecule has 0 aliphatic carbocycles. The number of aryl methyl sites for hydroxylation is 2. The van der Waals surface area contributed by atoms with Crippen LogP contribution in [0.3, 0.4) is 0 Å². The van der Waals surface area contributed by atoms with E-state index < -0.39 is 15.6 Å². The summed E-state index contributed by atoms with van der Waals surface area (Å²) in [6.45, 7) is 6.60. The Labute approximate surface area is 196 Å². The van der Waals surface area contributed by atoms with E-state index in [1.165, 1.54) is 32.3 Å². The minimum atomic E-state index is -10.7. The molecule has 206 valence electrons. The minimum absolute atomic E-state index is 1.08. The first-order chi connectivity index (χ1) is 15.7. The van der Waals surface area contributed by atoms with E-state index in [9.17, 15) is 50.4 Å². The molecule has 0 fully saturated rings. The molecule has 0 radical (unpaired) electrons. The summed E-state index contributed by atoms with van der Waals surface area (Å²) in [5, 5.41) is 8.20. The molecular formula is C20H22F12N2P2. The van der Waals surface area contributed by atoms with Crippen molar-refractivity contribution in [2.75, 3.05) is 0 Å². The second-order valence-electron chi connectivity index (χ2n) is 8.15. The number of rotatable bonds is 4. The summed E-state index contributed by atoms with van der Waals surface area (Å²) < 4.78 is 123. The quantitative estimate of drug-likeness (QED) is 0.0982. The van der Waals surface area contributed by atoms with Gasteiger partial charge in [0, 0.05) is 45.2 Å². The van der Waals surface area contributed by atoms with Gasteiger partial charge in [0.25, 0.3) is 0 Å². The van der Waals surface area contributed by atoms with Crippen LogP contribution in [0.2, 0.25) is 0 Å². The molecule has 0 aliphatic rings. The van der Waals surface area contributed by atoms with Crippen LogP contribution in [-0.2, 0) is 13.1 Å². The Kier molecular flexibility index (Phi) is 6.80. The summed E-state index contributed by atoms with van der Waals surface area (Å²) in [6.07, 6.45) is 11.5. The van der Waals surface area contributed by atoms with Crippen LogP contribution in [0, 0.1) is 0 Å². The van der Waals surface area contributed by atoms with E-state index in [1.807, 2.05) is 0 Å². The van der Waals surface area contributed by atoms with Gasteiger partial charge in [-0.3, -0.25) is 0 Å². The van der Waals surface area contributed by atoms with Crippen LogP contribution < -0.4 is 9.13 Å². The summed E-state index contributed by atoms with van der Waals surface area (Å²) in [5.74, 6) is 0. The van der Waals surface area contributed by atoms with Crippen LogP contribution in [0.4, 0.5) is 50.4 Å². The fourth-order valence-electron chi connectivity index (χ4n) is 3.60. The Morgan fingerprint density at radius 2 is 0.667 bits per heavy atom. The number of pyridine rings is 2. The van der Waals surface area contributed by atoms with Gasteiger partial charge in [-0.1, -0.05) is 13.8 Å². The SMILES string of the molecule is CCC[n+]1cc2ccc3c[n+](CCC)cc4ccc(c1)c2c34.F[P-](F)(F)(F)(F)F.F[P-](F)(F)(F)(F)F. The third-order valence-corrected chi connectivity index (χ3v) is 4.47. The van der Waals surface area contributed by atoms with Gasteiger partial charge < -0.3 is 0 Å². The predicted molar refractivity (Wildman–Crippen MR) is 118 cm³/mol. The van der Waals surface area contributed by atoms with Crippen molar-refractivity contribution in [2.45, 2.75) is 39.8 Å². The summed E-state index contributed by atoms with van der Waals surface area (Å²) in [4.78, 5) is 0. The molecular weight excluding hydrogens is 558 g/mol. The predicted octanol–water partition coefficient (Wildman–Crippen LogP) is 10.7. The molecule has 0 amide bonds. The van der Waals surface area contributed by atoms with Gasteiger partial charge in [0.15, 0.2) is 24.8 Å². The summed E-state index contributed by atoms with van der Waals surface area (Å²) in [7, 11) is -21.3. The van der Waals surface area contributed by atoms with Gasteiger partial charge in [-0.05, 0) is 24.3 Å². The van der Waals surface area contributed by atoms with Crippen LogP contribution in [0.15, 0.2) is 49.1 Å². The molecule has 0 unspecified atom stereocenters. The standard InChI is InChI=1S/C20H22N2.2F6P/c1-3-9-21-11-15-5-7-17-13-22(10-4-2)14-18-8-6-16(12-21)19(15)20(17)18;2*1-7(2,3,4,5)6/h5-8,11-14H,3-4,9-10H2,1-2H3;;/q+2;2*-1. The van der Waals surface area contributed by atoms with Gasteiger partial charge in [-0.2, -0.15) is 0 Å². The van der Waals surface area contributed by atoms with Crippen molar-refractivity contribution >= 4 is 47.9 Å². The van der Waals surface area contributed by atoms with E-state index in [0.29, 0.717) is 0 Å². The van der Waals surface area contributed by atoms with E-state index in [0.717, 1.165) is 25.9 Å². The molecule has 2 heterocycles. The topological polar surface area (TPSA) is 7.76 Å². The molecule has 0 bridgehead atoms. The molecule has 4 rings (SSSR count). The molecule has 2 aromatic carbocycles. The van der Waals surface area contributed by atoms with Crippen molar-refractivity contribution in [1.29, 1.82) is 0 Å². The molecule has 0 saturated heterocycles. The zero-order chi connectivity index (χ0) is 27.9. The Morgan fingerprint density at radius 1 is 0.472 bits per heavy atom. The zero-order valence-corrected chi connectivity index (χ0v) is 20.6. The van der Waals surface area contributed by atoms with E-state index in [1.54, 1.807) is 0 Å². The Bertz CT molecular complexity index is 1190.